The van der Waals surface area contributed by atoms with Crippen LogP contribution in [0.15, 0.2) is 18.2 Å². The van der Waals surface area contributed by atoms with Gasteiger partial charge in [-0.2, -0.15) is 0 Å². The third-order valence-corrected chi connectivity index (χ3v) is 7.19. The zero-order chi connectivity index (χ0) is 16.9. The minimum Gasteiger partial charge on any atom is -0.508 e. The molecule has 2 saturated carbocycles. The summed E-state index contributed by atoms with van der Waals surface area (Å²) in [5, 5.41) is 9.77. The van der Waals surface area contributed by atoms with Gasteiger partial charge in [-0.1, -0.05) is 19.9 Å². The van der Waals surface area contributed by atoms with Crippen LogP contribution in [0.3, 0.4) is 0 Å². The van der Waals surface area contributed by atoms with E-state index in [2.05, 4.69) is 13.0 Å². The SMILES string of the molecule is CCC(=O)OC1CCC2C3CCc4cc(O)ccc4C3CCC12C. The maximum Gasteiger partial charge on any atom is 0.305 e. The molecule has 0 radical (unpaired) electrons. The topological polar surface area (TPSA) is 46.5 Å². The molecule has 0 heterocycles. The summed E-state index contributed by atoms with van der Waals surface area (Å²) < 4.78 is 5.83. The van der Waals surface area contributed by atoms with Crippen molar-refractivity contribution in [3.8, 4) is 5.75 Å². The van der Waals surface area contributed by atoms with Crippen LogP contribution in [0.25, 0.3) is 0 Å². The van der Waals surface area contributed by atoms with Crippen LogP contribution in [0.4, 0.5) is 0 Å². The molecule has 1 N–H and O–H groups in total. The van der Waals surface area contributed by atoms with E-state index in [1.54, 1.807) is 0 Å². The zero-order valence-corrected chi connectivity index (χ0v) is 14.8. The number of rotatable bonds is 2. The summed E-state index contributed by atoms with van der Waals surface area (Å²) in [7, 11) is 0. The molecular formula is C21H28O3. The molecule has 2 fully saturated rings. The lowest BCUT2D eigenvalue weighted by Crippen LogP contribution is -2.45. The van der Waals surface area contributed by atoms with Crippen molar-refractivity contribution in [2.24, 2.45) is 17.3 Å². The second-order valence-electron chi connectivity index (χ2n) is 8.25. The zero-order valence-electron chi connectivity index (χ0n) is 14.8. The first-order valence-electron chi connectivity index (χ1n) is 9.54. The number of hydrogen-bond acceptors (Lipinski definition) is 3. The molecule has 0 bridgehead atoms. The number of carbonyl (C=O) groups excluding carboxylic acids is 1. The molecule has 0 aromatic heterocycles. The Morgan fingerprint density at radius 1 is 1.29 bits per heavy atom. The number of aryl methyl sites for hydroxylation is 1. The van der Waals surface area contributed by atoms with Crippen molar-refractivity contribution in [2.75, 3.05) is 0 Å². The fourth-order valence-corrected chi connectivity index (χ4v) is 5.96. The largest absolute Gasteiger partial charge is 0.508 e. The molecule has 130 valence electrons. The number of phenols is 1. The maximum atomic E-state index is 11.8. The van der Waals surface area contributed by atoms with Crippen molar-refractivity contribution in [3.05, 3.63) is 29.3 Å². The van der Waals surface area contributed by atoms with Crippen molar-refractivity contribution < 1.29 is 14.6 Å². The van der Waals surface area contributed by atoms with Crippen molar-refractivity contribution >= 4 is 5.97 Å². The maximum absolute atomic E-state index is 11.8. The molecule has 3 aliphatic carbocycles. The molecular weight excluding hydrogens is 300 g/mol. The van der Waals surface area contributed by atoms with E-state index in [-0.39, 0.29) is 17.5 Å². The summed E-state index contributed by atoms with van der Waals surface area (Å²) in [5.41, 5.74) is 2.95. The van der Waals surface area contributed by atoms with Gasteiger partial charge in [0.05, 0.1) is 0 Å². The van der Waals surface area contributed by atoms with E-state index < -0.39 is 0 Å². The Balaban J connectivity index is 1.60. The van der Waals surface area contributed by atoms with Crippen LogP contribution in [0.5, 0.6) is 5.75 Å². The Hall–Kier alpha value is -1.51. The molecule has 0 saturated heterocycles. The lowest BCUT2D eigenvalue weighted by Gasteiger charge is -2.50. The van der Waals surface area contributed by atoms with Gasteiger partial charge < -0.3 is 9.84 Å². The van der Waals surface area contributed by atoms with E-state index in [1.165, 1.54) is 30.4 Å². The van der Waals surface area contributed by atoms with Gasteiger partial charge in [0.1, 0.15) is 11.9 Å². The Kier molecular flexibility index (Phi) is 3.85. The van der Waals surface area contributed by atoms with Crippen molar-refractivity contribution in [3.63, 3.8) is 0 Å². The first-order valence-corrected chi connectivity index (χ1v) is 9.54. The Morgan fingerprint density at radius 2 is 2.12 bits per heavy atom. The molecule has 0 spiro atoms. The van der Waals surface area contributed by atoms with Gasteiger partial charge in [-0.05, 0) is 79.5 Å². The fraction of sp³-hybridized carbons (Fsp3) is 0.667. The van der Waals surface area contributed by atoms with Crippen molar-refractivity contribution in [1.29, 1.82) is 0 Å². The third-order valence-electron chi connectivity index (χ3n) is 7.19. The van der Waals surface area contributed by atoms with E-state index in [0.717, 1.165) is 19.3 Å². The number of hydrogen-bond donors (Lipinski definition) is 1. The second-order valence-corrected chi connectivity index (χ2v) is 8.25. The first-order chi connectivity index (χ1) is 11.5. The van der Waals surface area contributed by atoms with Crippen molar-refractivity contribution in [1.82, 2.24) is 0 Å². The van der Waals surface area contributed by atoms with Crippen LogP contribution < -0.4 is 0 Å². The molecule has 3 nitrogen and oxygen atoms in total. The standard InChI is InChI=1S/C21H28O3/c1-3-20(23)24-19-9-8-18-17-6-4-13-12-14(22)5-7-15(13)16(17)10-11-21(18,19)2/h5,7,12,16-19,22H,3-4,6,8-11H2,1-2H3. The molecule has 0 aliphatic heterocycles. The molecule has 4 rings (SSSR count). The van der Waals surface area contributed by atoms with E-state index in [1.807, 2.05) is 19.1 Å². The number of ether oxygens (including phenoxy) is 1. The summed E-state index contributed by atoms with van der Waals surface area (Å²) in [6.07, 6.45) is 7.38. The minimum absolute atomic E-state index is 0.0477. The van der Waals surface area contributed by atoms with Crippen LogP contribution in [-0.2, 0) is 16.0 Å². The Bertz CT molecular complexity index is 652. The lowest BCUT2D eigenvalue weighted by molar-refractivity contribution is -0.157. The highest BCUT2D eigenvalue weighted by Gasteiger charge is 2.56. The van der Waals surface area contributed by atoms with Crippen molar-refractivity contribution in [2.45, 2.75) is 70.8 Å². The van der Waals surface area contributed by atoms with Gasteiger partial charge in [0.2, 0.25) is 0 Å². The third kappa shape index (κ3) is 2.35. The molecule has 5 atom stereocenters. The van der Waals surface area contributed by atoms with E-state index in [9.17, 15) is 9.90 Å². The number of benzene rings is 1. The predicted molar refractivity (Wildman–Crippen MR) is 92.9 cm³/mol. The summed E-state index contributed by atoms with van der Waals surface area (Å²) in [6, 6.07) is 5.95. The van der Waals surface area contributed by atoms with Gasteiger partial charge in [0.15, 0.2) is 0 Å². The highest BCUT2D eigenvalue weighted by Crippen LogP contribution is 2.61. The second kappa shape index (κ2) is 5.79. The van der Waals surface area contributed by atoms with Crippen LogP contribution in [0, 0.1) is 17.3 Å². The van der Waals surface area contributed by atoms with Gasteiger partial charge in [0.25, 0.3) is 0 Å². The molecule has 3 aliphatic rings. The van der Waals surface area contributed by atoms with Gasteiger partial charge in [-0.25, -0.2) is 0 Å². The Labute approximate surface area is 144 Å². The monoisotopic (exact) mass is 328 g/mol. The van der Waals surface area contributed by atoms with Gasteiger partial charge in [-0.15, -0.1) is 0 Å². The van der Waals surface area contributed by atoms with Crippen LogP contribution in [0.2, 0.25) is 0 Å². The summed E-state index contributed by atoms with van der Waals surface area (Å²) in [5.74, 6) is 2.32. The highest BCUT2D eigenvalue weighted by atomic mass is 16.5. The van der Waals surface area contributed by atoms with Gasteiger partial charge in [-0.3, -0.25) is 4.79 Å². The number of phenolic OH excluding ortho intramolecular Hbond substituents is 1. The van der Waals surface area contributed by atoms with Crippen LogP contribution in [-0.4, -0.2) is 17.2 Å². The number of aromatic hydroxyl groups is 1. The average molecular weight is 328 g/mol. The van der Waals surface area contributed by atoms with E-state index in [4.69, 9.17) is 4.74 Å². The normalized spacial score (nSPS) is 37.2. The summed E-state index contributed by atoms with van der Waals surface area (Å²) in [4.78, 5) is 11.8. The quantitative estimate of drug-likeness (QED) is 0.809. The molecule has 24 heavy (non-hydrogen) atoms. The smallest absolute Gasteiger partial charge is 0.305 e. The Morgan fingerprint density at radius 3 is 2.92 bits per heavy atom. The summed E-state index contributed by atoms with van der Waals surface area (Å²) in [6.45, 7) is 4.24. The molecule has 1 aromatic carbocycles. The molecule has 0 amide bonds. The lowest BCUT2D eigenvalue weighted by atomic mass is 9.55. The van der Waals surface area contributed by atoms with Crippen LogP contribution in [0.1, 0.15) is 69.4 Å². The number of carbonyl (C=O) groups is 1. The molecule has 5 unspecified atom stereocenters. The number of fused-ring (bicyclic) bond motifs is 5. The first kappa shape index (κ1) is 16.0. The molecule has 1 aromatic rings. The van der Waals surface area contributed by atoms with Crippen LogP contribution >= 0.6 is 0 Å². The van der Waals surface area contributed by atoms with Gasteiger partial charge >= 0.3 is 5.97 Å². The minimum atomic E-state index is -0.0477. The van der Waals surface area contributed by atoms with E-state index in [0.29, 0.717) is 29.9 Å². The number of esters is 1. The summed E-state index contributed by atoms with van der Waals surface area (Å²) >= 11 is 0. The van der Waals surface area contributed by atoms with E-state index >= 15 is 0 Å². The average Bonchev–Trinajstić information content (AvgIpc) is 2.90. The fourth-order valence-electron chi connectivity index (χ4n) is 5.96. The van der Waals surface area contributed by atoms with Gasteiger partial charge in [0, 0.05) is 11.8 Å². The predicted octanol–water partition coefficient (Wildman–Crippen LogP) is 4.57. The molecule has 3 heteroatoms. The highest BCUT2D eigenvalue weighted by molar-refractivity contribution is 5.69.